The Morgan fingerprint density at radius 3 is 2.50 bits per heavy atom. The fraction of sp³-hybridized carbons (Fsp3) is 0.500. The zero-order valence-electron chi connectivity index (χ0n) is 10.7. The van der Waals surface area contributed by atoms with Crippen LogP contribution < -0.4 is 0 Å². The molecular formula is C14H17NOS2. The number of carbonyl (C=O) groups excluding carboxylic acids is 1. The molecule has 0 amide bonds. The molecule has 0 aliphatic heterocycles. The number of thioether (sulfide) groups is 2. The van der Waals surface area contributed by atoms with Crippen LogP contribution in [0.5, 0.6) is 0 Å². The molecular weight excluding hydrogens is 262 g/mol. The highest BCUT2D eigenvalue weighted by molar-refractivity contribution is 7.99. The van der Waals surface area contributed by atoms with Crippen LogP contribution in [0, 0.1) is 0 Å². The highest BCUT2D eigenvalue weighted by Crippen LogP contribution is 2.45. The van der Waals surface area contributed by atoms with E-state index in [0.29, 0.717) is 0 Å². The summed E-state index contributed by atoms with van der Waals surface area (Å²) in [5, 5.41) is 0. The summed E-state index contributed by atoms with van der Waals surface area (Å²) in [7, 11) is 0. The van der Waals surface area contributed by atoms with Gasteiger partial charge in [0.05, 0.1) is 5.54 Å². The number of isocyanates is 1. The molecule has 0 atom stereocenters. The largest absolute Gasteiger partial charge is 0.235 e. The van der Waals surface area contributed by atoms with Crippen LogP contribution >= 0.6 is 23.5 Å². The quantitative estimate of drug-likeness (QED) is 0.469. The topological polar surface area (TPSA) is 29.4 Å². The van der Waals surface area contributed by atoms with Gasteiger partial charge in [-0.1, -0.05) is 18.9 Å². The third-order valence-electron chi connectivity index (χ3n) is 3.60. The summed E-state index contributed by atoms with van der Waals surface area (Å²) in [4.78, 5) is 17.4. The molecule has 0 heterocycles. The van der Waals surface area contributed by atoms with Crippen LogP contribution in [-0.4, -0.2) is 18.6 Å². The maximum Gasteiger partial charge on any atom is 0.235 e. The van der Waals surface area contributed by atoms with Gasteiger partial charge in [0.2, 0.25) is 6.08 Å². The van der Waals surface area contributed by atoms with Gasteiger partial charge in [-0.25, -0.2) is 4.79 Å². The van der Waals surface area contributed by atoms with E-state index in [1.165, 1.54) is 15.4 Å². The number of nitrogens with zero attached hydrogens (tertiary/aromatic N) is 1. The van der Waals surface area contributed by atoms with Crippen molar-refractivity contribution in [3.05, 3.63) is 23.8 Å². The van der Waals surface area contributed by atoms with Gasteiger partial charge in [0, 0.05) is 9.79 Å². The number of hydrogen-bond donors (Lipinski definition) is 0. The van der Waals surface area contributed by atoms with Crippen molar-refractivity contribution in [1.82, 2.24) is 0 Å². The summed E-state index contributed by atoms with van der Waals surface area (Å²) in [6.07, 6.45) is 10.2. The van der Waals surface area contributed by atoms with Crippen LogP contribution in [0.4, 0.5) is 0 Å². The third-order valence-corrected chi connectivity index (χ3v) is 5.10. The van der Waals surface area contributed by atoms with Crippen LogP contribution in [0.15, 0.2) is 33.0 Å². The Morgan fingerprint density at radius 1 is 1.22 bits per heavy atom. The fourth-order valence-electron chi connectivity index (χ4n) is 2.67. The SMILES string of the molecule is CSc1ccc(C2(N=C=O)CCCC2)c(SC)c1. The molecule has 0 saturated heterocycles. The van der Waals surface area contributed by atoms with Gasteiger partial charge in [0.1, 0.15) is 0 Å². The zero-order chi connectivity index (χ0) is 13.0. The molecule has 0 bridgehead atoms. The van der Waals surface area contributed by atoms with Crippen molar-refractivity contribution in [2.24, 2.45) is 4.99 Å². The Morgan fingerprint density at radius 2 is 1.94 bits per heavy atom. The molecule has 2 nitrogen and oxygen atoms in total. The summed E-state index contributed by atoms with van der Waals surface area (Å²) in [5.74, 6) is 0. The normalized spacial score (nSPS) is 17.4. The molecule has 1 aromatic carbocycles. The second kappa shape index (κ2) is 5.96. The van der Waals surface area contributed by atoms with E-state index < -0.39 is 0 Å². The fourth-order valence-corrected chi connectivity index (χ4v) is 3.91. The smallest absolute Gasteiger partial charge is 0.211 e. The van der Waals surface area contributed by atoms with Gasteiger partial charge in [-0.05, 0) is 43.0 Å². The van der Waals surface area contributed by atoms with Crippen molar-refractivity contribution < 1.29 is 4.79 Å². The number of rotatable bonds is 4. The van der Waals surface area contributed by atoms with E-state index in [1.54, 1.807) is 29.6 Å². The molecule has 1 aliphatic carbocycles. The van der Waals surface area contributed by atoms with Gasteiger partial charge in [-0.3, -0.25) is 0 Å². The lowest BCUT2D eigenvalue weighted by atomic mass is 9.89. The van der Waals surface area contributed by atoms with Gasteiger partial charge in [0.25, 0.3) is 0 Å². The summed E-state index contributed by atoms with van der Waals surface area (Å²) in [6, 6.07) is 6.47. The number of benzene rings is 1. The first-order valence-corrected chi connectivity index (χ1v) is 8.52. The maximum absolute atomic E-state index is 10.8. The molecule has 1 fully saturated rings. The lowest BCUT2D eigenvalue weighted by molar-refractivity contribution is 0.448. The van der Waals surface area contributed by atoms with Crippen LogP contribution in [-0.2, 0) is 10.3 Å². The van der Waals surface area contributed by atoms with Crippen molar-refractivity contribution in [2.45, 2.75) is 41.0 Å². The lowest BCUT2D eigenvalue weighted by Gasteiger charge is -2.25. The van der Waals surface area contributed by atoms with E-state index in [4.69, 9.17) is 0 Å². The Balaban J connectivity index is 2.50. The van der Waals surface area contributed by atoms with Gasteiger partial charge in [-0.2, -0.15) is 4.99 Å². The standard InChI is InChI=1S/C14H17NOS2/c1-17-11-5-6-12(13(9-11)18-2)14(15-10-16)7-3-4-8-14/h5-6,9H,3-4,7-8H2,1-2H3. The van der Waals surface area contributed by atoms with Gasteiger partial charge < -0.3 is 0 Å². The Labute approximate surface area is 117 Å². The van der Waals surface area contributed by atoms with Crippen molar-refractivity contribution in [3.8, 4) is 0 Å². The molecule has 0 unspecified atom stereocenters. The van der Waals surface area contributed by atoms with E-state index >= 15 is 0 Å². The Hall–Kier alpha value is -0.700. The van der Waals surface area contributed by atoms with Crippen LogP contribution in [0.1, 0.15) is 31.2 Å². The molecule has 1 saturated carbocycles. The highest BCUT2D eigenvalue weighted by Gasteiger charge is 2.37. The van der Waals surface area contributed by atoms with Crippen molar-refractivity contribution in [1.29, 1.82) is 0 Å². The molecule has 1 aliphatic rings. The van der Waals surface area contributed by atoms with Gasteiger partial charge >= 0.3 is 0 Å². The minimum absolute atomic E-state index is 0.309. The van der Waals surface area contributed by atoms with E-state index in [9.17, 15) is 4.79 Å². The average Bonchev–Trinajstić information content (AvgIpc) is 2.88. The number of hydrogen-bond acceptors (Lipinski definition) is 4. The van der Waals surface area contributed by atoms with Crippen LogP contribution in [0.25, 0.3) is 0 Å². The molecule has 1 aromatic rings. The highest BCUT2D eigenvalue weighted by atomic mass is 32.2. The molecule has 2 rings (SSSR count). The average molecular weight is 279 g/mol. The minimum atomic E-state index is -0.309. The monoisotopic (exact) mass is 279 g/mol. The van der Waals surface area contributed by atoms with E-state index in [0.717, 1.165) is 25.7 Å². The molecule has 0 radical (unpaired) electrons. The lowest BCUT2D eigenvalue weighted by Crippen LogP contribution is -2.19. The summed E-state index contributed by atoms with van der Waals surface area (Å²) >= 11 is 3.47. The Bertz CT molecular complexity index is 475. The first-order chi connectivity index (χ1) is 8.75. The van der Waals surface area contributed by atoms with Crippen LogP contribution in [0.2, 0.25) is 0 Å². The van der Waals surface area contributed by atoms with Crippen LogP contribution in [0.3, 0.4) is 0 Å². The van der Waals surface area contributed by atoms with Crippen molar-refractivity contribution in [3.63, 3.8) is 0 Å². The predicted molar refractivity (Wildman–Crippen MR) is 78.3 cm³/mol. The second-order valence-electron chi connectivity index (χ2n) is 4.51. The summed E-state index contributed by atoms with van der Waals surface area (Å²) < 4.78 is 0. The molecule has 0 spiro atoms. The molecule has 0 aromatic heterocycles. The predicted octanol–water partition coefficient (Wildman–Crippen LogP) is 4.24. The first kappa shape index (κ1) is 13.7. The van der Waals surface area contributed by atoms with E-state index in [2.05, 4.69) is 35.7 Å². The summed E-state index contributed by atoms with van der Waals surface area (Å²) in [6.45, 7) is 0. The maximum atomic E-state index is 10.8. The first-order valence-electron chi connectivity index (χ1n) is 6.07. The van der Waals surface area contributed by atoms with Gasteiger partial charge in [0.15, 0.2) is 0 Å². The molecule has 18 heavy (non-hydrogen) atoms. The Kier molecular flexibility index (Phi) is 4.55. The third kappa shape index (κ3) is 2.51. The minimum Gasteiger partial charge on any atom is -0.211 e. The molecule has 0 N–H and O–H groups in total. The zero-order valence-corrected chi connectivity index (χ0v) is 12.4. The number of aliphatic imine (C=N–C) groups is 1. The van der Waals surface area contributed by atoms with Gasteiger partial charge in [-0.15, -0.1) is 23.5 Å². The van der Waals surface area contributed by atoms with Crippen molar-refractivity contribution in [2.75, 3.05) is 12.5 Å². The molecule has 96 valence electrons. The van der Waals surface area contributed by atoms with E-state index in [-0.39, 0.29) is 5.54 Å². The summed E-state index contributed by atoms with van der Waals surface area (Å²) in [5.41, 5.74) is 0.894. The van der Waals surface area contributed by atoms with E-state index in [1.807, 2.05) is 0 Å². The van der Waals surface area contributed by atoms with Crippen molar-refractivity contribution >= 4 is 29.6 Å². The second-order valence-corrected chi connectivity index (χ2v) is 6.24. The molecule has 4 heteroatoms.